The van der Waals surface area contributed by atoms with E-state index in [4.69, 9.17) is 16.3 Å². The van der Waals surface area contributed by atoms with Crippen molar-refractivity contribution in [2.24, 2.45) is 0 Å². The van der Waals surface area contributed by atoms with Crippen molar-refractivity contribution in [1.29, 1.82) is 0 Å². The molecule has 0 bridgehead atoms. The third kappa shape index (κ3) is 3.55. The maximum atomic E-state index is 11.9. The number of aryl methyl sites for hydroxylation is 1. The maximum absolute atomic E-state index is 11.9. The van der Waals surface area contributed by atoms with Crippen molar-refractivity contribution in [1.82, 2.24) is 0 Å². The van der Waals surface area contributed by atoms with Gasteiger partial charge in [-0.05, 0) is 37.0 Å². The molecular weight excluding hydrogens is 236 g/mol. The van der Waals surface area contributed by atoms with Gasteiger partial charge in [0.15, 0.2) is 0 Å². The number of ketones is 1. The zero-order chi connectivity index (χ0) is 12.3. The molecule has 0 N–H and O–H groups in total. The predicted octanol–water partition coefficient (Wildman–Crippen LogP) is 3.33. The van der Waals surface area contributed by atoms with Gasteiger partial charge in [-0.1, -0.05) is 23.7 Å². The minimum atomic E-state index is 0.131. The lowest BCUT2D eigenvalue weighted by Crippen LogP contribution is -2.14. The Morgan fingerprint density at radius 2 is 2.35 bits per heavy atom. The van der Waals surface area contributed by atoms with E-state index in [2.05, 4.69) is 0 Å². The fourth-order valence-electron chi connectivity index (χ4n) is 2.14. The molecule has 1 atom stereocenters. The lowest BCUT2D eigenvalue weighted by atomic mass is 10.0. The second-order valence-corrected chi connectivity index (χ2v) is 5.06. The van der Waals surface area contributed by atoms with Crippen LogP contribution in [0, 0.1) is 6.92 Å². The van der Waals surface area contributed by atoms with E-state index in [0.717, 1.165) is 30.6 Å². The molecule has 2 nitrogen and oxygen atoms in total. The van der Waals surface area contributed by atoms with Crippen LogP contribution in [0.1, 0.15) is 30.4 Å². The Bertz CT molecular complexity index is 409. The quantitative estimate of drug-likeness (QED) is 0.822. The van der Waals surface area contributed by atoms with Crippen LogP contribution >= 0.6 is 11.6 Å². The zero-order valence-electron chi connectivity index (χ0n) is 10.0. The van der Waals surface area contributed by atoms with Crippen molar-refractivity contribution in [3.8, 4) is 0 Å². The van der Waals surface area contributed by atoms with Gasteiger partial charge in [0, 0.05) is 24.5 Å². The average Bonchev–Trinajstić information content (AvgIpc) is 2.75. The zero-order valence-corrected chi connectivity index (χ0v) is 10.8. The van der Waals surface area contributed by atoms with Crippen LogP contribution in [0.15, 0.2) is 18.2 Å². The smallest absolute Gasteiger partial charge is 0.139 e. The highest BCUT2D eigenvalue weighted by Gasteiger charge is 2.19. The average molecular weight is 253 g/mol. The first-order valence-corrected chi connectivity index (χ1v) is 6.41. The predicted molar refractivity (Wildman–Crippen MR) is 68.5 cm³/mol. The molecule has 0 amide bonds. The molecule has 1 aliphatic rings. The van der Waals surface area contributed by atoms with Crippen LogP contribution in [-0.4, -0.2) is 18.5 Å². The van der Waals surface area contributed by atoms with Crippen molar-refractivity contribution in [2.45, 2.75) is 38.7 Å². The lowest BCUT2D eigenvalue weighted by molar-refractivity contribution is -0.120. The van der Waals surface area contributed by atoms with Gasteiger partial charge >= 0.3 is 0 Å². The van der Waals surface area contributed by atoms with Crippen LogP contribution in [0.4, 0.5) is 0 Å². The van der Waals surface area contributed by atoms with Gasteiger partial charge < -0.3 is 4.74 Å². The number of carbonyl (C=O) groups excluding carboxylic acids is 1. The van der Waals surface area contributed by atoms with E-state index in [1.165, 1.54) is 0 Å². The largest absolute Gasteiger partial charge is 0.378 e. The van der Waals surface area contributed by atoms with Crippen LogP contribution in [0.25, 0.3) is 0 Å². The van der Waals surface area contributed by atoms with Crippen LogP contribution in [0.5, 0.6) is 0 Å². The normalized spacial score (nSPS) is 19.5. The Kier molecular flexibility index (Phi) is 4.19. The van der Waals surface area contributed by atoms with E-state index in [-0.39, 0.29) is 11.9 Å². The van der Waals surface area contributed by atoms with Crippen LogP contribution in [0.2, 0.25) is 5.02 Å². The number of rotatable bonds is 4. The number of halogens is 1. The van der Waals surface area contributed by atoms with Crippen molar-refractivity contribution < 1.29 is 9.53 Å². The van der Waals surface area contributed by atoms with Crippen molar-refractivity contribution in [3.05, 3.63) is 34.3 Å². The van der Waals surface area contributed by atoms with Gasteiger partial charge in [0.05, 0.1) is 6.10 Å². The monoisotopic (exact) mass is 252 g/mol. The molecule has 1 aromatic rings. The molecular formula is C14H17ClO2. The number of carbonyl (C=O) groups is 1. The van der Waals surface area contributed by atoms with E-state index >= 15 is 0 Å². The topological polar surface area (TPSA) is 26.3 Å². The van der Waals surface area contributed by atoms with Gasteiger partial charge in [0.2, 0.25) is 0 Å². The Morgan fingerprint density at radius 3 is 3.00 bits per heavy atom. The number of Topliss-reactive ketones (excluding diaryl/α,β-unsaturated/α-hetero) is 1. The summed E-state index contributed by atoms with van der Waals surface area (Å²) in [6, 6.07) is 5.82. The molecule has 1 aromatic carbocycles. The summed E-state index contributed by atoms with van der Waals surface area (Å²) in [6.07, 6.45) is 3.14. The minimum absolute atomic E-state index is 0.131. The summed E-state index contributed by atoms with van der Waals surface area (Å²) in [4.78, 5) is 11.9. The van der Waals surface area contributed by atoms with E-state index in [1.54, 1.807) is 0 Å². The number of benzene rings is 1. The van der Waals surface area contributed by atoms with Gasteiger partial charge in [0.25, 0.3) is 0 Å². The van der Waals surface area contributed by atoms with E-state index in [0.29, 0.717) is 17.9 Å². The lowest BCUT2D eigenvalue weighted by Gasteiger charge is -2.09. The summed E-state index contributed by atoms with van der Waals surface area (Å²) < 4.78 is 5.46. The summed E-state index contributed by atoms with van der Waals surface area (Å²) in [5, 5.41) is 0.686. The standard InChI is InChI=1S/C14H17ClO2/c1-10-4-5-11(14(15)7-10)8-12(16)9-13-3-2-6-17-13/h4-5,7,13H,2-3,6,8-9H2,1H3. The SMILES string of the molecule is Cc1ccc(CC(=O)CC2CCCO2)c(Cl)c1. The Labute approximate surface area is 107 Å². The third-order valence-corrected chi connectivity index (χ3v) is 3.43. The molecule has 0 spiro atoms. The highest BCUT2D eigenvalue weighted by Crippen LogP contribution is 2.21. The highest BCUT2D eigenvalue weighted by atomic mass is 35.5. The molecule has 0 aromatic heterocycles. The van der Waals surface area contributed by atoms with Crippen LogP contribution in [0.3, 0.4) is 0 Å². The van der Waals surface area contributed by atoms with E-state index in [9.17, 15) is 4.79 Å². The Balaban J connectivity index is 1.93. The van der Waals surface area contributed by atoms with Crippen LogP contribution in [-0.2, 0) is 16.0 Å². The molecule has 0 aliphatic carbocycles. The summed E-state index contributed by atoms with van der Waals surface area (Å²) in [6.45, 7) is 2.78. The van der Waals surface area contributed by atoms with Gasteiger partial charge in [-0.3, -0.25) is 4.79 Å². The third-order valence-electron chi connectivity index (χ3n) is 3.08. The summed E-state index contributed by atoms with van der Waals surface area (Å²) >= 11 is 6.11. The number of ether oxygens (including phenoxy) is 1. The highest BCUT2D eigenvalue weighted by molar-refractivity contribution is 6.31. The summed E-state index contributed by atoms with van der Waals surface area (Å²) in [7, 11) is 0. The fourth-order valence-corrected chi connectivity index (χ4v) is 2.44. The van der Waals surface area contributed by atoms with E-state index < -0.39 is 0 Å². The molecule has 3 heteroatoms. The first kappa shape index (κ1) is 12.6. The molecule has 17 heavy (non-hydrogen) atoms. The maximum Gasteiger partial charge on any atom is 0.139 e. The first-order chi connectivity index (χ1) is 8.15. The number of hydrogen-bond donors (Lipinski definition) is 0. The molecule has 0 saturated carbocycles. The molecule has 92 valence electrons. The second-order valence-electron chi connectivity index (χ2n) is 4.65. The first-order valence-electron chi connectivity index (χ1n) is 6.03. The molecule has 1 saturated heterocycles. The summed E-state index contributed by atoms with van der Waals surface area (Å²) in [5.74, 6) is 0.211. The summed E-state index contributed by atoms with van der Waals surface area (Å²) in [5.41, 5.74) is 2.03. The van der Waals surface area contributed by atoms with Gasteiger partial charge in [0.1, 0.15) is 5.78 Å². The molecule has 1 aliphatic heterocycles. The van der Waals surface area contributed by atoms with Crippen molar-refractivity contribution in [3.63, 3.8) is 0 Å². The Morgan fingerprint density at radius 1 is 1.53 bits per heavy atom. The van der Waals surface area contributed by atoms with Gasteiger partial charge in [-0.2, -0.15) is 0 Å². The van der Waals surface area contributed by atoms with Gasteiger partial charge in [-0.15, -0.1) is 0 Å². The molecule has 2 rings (SSSR count). The Hall–Kier alpha value is -0.860. The molecule has 1 unspecified atom stereocenters. The minimum Gasteiger partial charge on any atom is -0.378 e. The van der Waals surface area contributed by atoms with Gasteiger partial charge in [-0.25, -0.2) is 0 Å². The number of hydrogen-bond acceptors (Lipinski definition) is 2. The van der Waals surface area contributed by atoms with E-state index in [1.807, 2.05) is 25.1 Å². The molecule has 0 radical (unpaired) electrons. The van der Waals surface area contributed by atoms with Crippen LogP contribution < -0.4 is 0 Å². The van der Waals surface area contributed by atoms with Crippen molar-refractivity contribution in [2.75, 3.05) is 6.61 Å². The molecule has 1 fully saturated rings. The molecule has 1 heterocycles. The second kappa shape index (κ2) is 5.65. The van der Waals surface area contributed by atoms with Crippen molar-refractivity contribution >= 4 is 17.4 Å². The fraction of sp³-hybridized carbons (Fsp3) is 0.500.